The summed E-state index contributed by atoms with van der Waals surface area (Å²) in [6.07, 6.45) is 5.93. The zero-order valence-electron chi connectivity index (χ0n) is 14.3. The van der Waals surface area contributed by atoms with Gasteiger partial charge in [0.1, 0.15) is 0 Å². The third-order valence-electron chi connectivity index (χ3n) is 3.99. The lowest BCUT2D eigenvalue weighted by molar-refractivity contribution is 0.202. The molecule has 1 fully saturated rings. The number of carbonyl (C=O) groups is 1. The highest BCUT2D eigenvalue weighted by atomic mass is 32.2. The Morgan fingerprint density at radius 3 is 2.96 bits per heavy atom. The first-order valence-corrected chi connectivity index (χ1v) is 9.64. The molecule has 2 heterocycles. The summed E-state index contributed by atoms with van der Waals surface area (Å²) in [5.41, 5.74) is 2.43. The number of carbonyl (C=O) groups excluding carboxylic acids is 1. The number of thioether (sulfide) groups is 1. The molecule has 0 aliphatic carbocycles. The number of rotatable bonds is 6. The monoisotopic (exact) mass is 336 g/mol. The first-order valence-electron chi connectivity index (χ1n) is 8.48. The van der Waals surface area contributed by atoms with E-state index in [1.807, 2.05) is 29.1 Å². The standard InChI is InChI=1S/C17H28N4OS/c1-3-12-23-13-7-19-17(22)21-9-4-8-20(10-11-21)16-5-6-18-14-15(16)2/h5-6,14H,3-4,7-13H2,1-2H3,(H,19,22). The van der Waals surface area contributed by atoms with Crippen LogP contribution in [0.1, 0.15) is 25.3 Å². The smallest absolute Gasteiger partial charge is 0.317 e. The fraction of sp³-hybridized carbons (Fsp3) is 0.647. The normalized spacial score (nSPS) is 15.4. The summed E-state index contributed by atoms with van der Waals surface area (Å²) in [7, 11) is 0. The van der Waals surface area contributed by atoms with Crippen molar-refractivity contribution in [1.82, 2.24) is 15.2 Å². The molecule has 1 aliphatic rings. The Labute approximate surface area is 143 Å². The Bertz CT molecular complexity index is 497. The molecule has 0 atom stereocenters. The van der Waals surface area contributed by atoms with Crippen molar-refractivity contribution in [3.63, 3.8) is 0 Å². The number of aromatic nitrogens is 1. The molecule has 0 spiro atoms. The molecule has 0 radical (unpaired) electrons. The maximum atomic E-state index is 12.3. The Morgan fingerprint density at radius 1 is 1.30 bits per heavy atom. The van der Waals surface area contributed by atoms with Crippen LogP contribution in [-0.2, 0) is 0 Å². The highest BCUT2D eigenvalue weighted by molar-refractivity contribution is 7.99. The van der Waals surface area contributed by atoms with Gasteiger partial charge in [0.2, 0.25) is 0 Å². The van der Waals surface area contributed by atoms with Crippen molar-refractivity contribution in [2.24, 2.45) is 0 Å². The van der Waals surface area contributed by atoms with E-state index in [1.165, 1.54) is 23.4 Å². The molecule has 1 aromatic heterocycles. The summed E-state index contributed by atoms with van der Waals surface area (Å²) < 4.78 is 0. The number of hydrogen-bond donors (Lipinski definition) is 1. The van der Waals surface area contributed by atoms with E-state index in [4.69, 9.17) is 0 Å². The van der Waals surface area contributed by atoms with Gasteiger partial charge >= 0.3 is 6.03 Å². The highest BCUT2D eigenvalue weighted by Gasteiger charge is 2.19. The summed E-state index contributed by atoms with van der Waals surface area (Å²) in [6.45, 7) is 8.49. The van der Waals surface area contributed by atoms with Crippen molar-refractivity contribution in [2.45, 2.75) is 26.7 Å². The molecule has 0 unspecified atom stereocenters. The van der Waals surface area contributed by atoms with Crippen LogP contribution in [0.5, 0.6) is 0 Å². The van der Waals surface area contributed by atoms with Gasteiger partial charge in [-0.15, -0.1) is 0 Å². The Kier molecular flexibility index (Phi) is 7.52. The summed E-state index contributed by atoms with van der Waals surface area (Å²) in [6, 6.07) is 2.14. The number of aryl methyl sites for hydroxylation is 1. The minimum Gasteiger partial charge on any atom is -0.369 e. The van der Waals surface area contributed by atoms with Gasteiger partial charge in [0, 0.05) is 56.6 Å². The fourth-order valence-electron chi connectivity index (χ4n) is 2.77. The van der Waals surface area contributed by atoms with Gasteiger partial charge in [0.05, 0.1) is 0 Å². The molecule has 5 nitrogen and oxygen atoms in total. The number of pyridine rings is 1. The maximum absolute atomic E-state index is 12.3. The SMILES string of the molecule is CCCSCCNC(=O)N1CCCN(c2ccncc2C)CC1. The van der Waals surface area contributed by atoms with Crippen LogP contribution in [0, 0.1) is 6.92 Å². The zero-order chi connectivity index (χ0) is 16.5. The van der Waals surface area contributed by atoms with E-state index in [1.54, 1.807) is 0 Å². The van der Waals surface area contributed by atoms with E-state index in [0.29, 0.717) is 0 Å². The van der Waals surface area contributed by atoms with Gasteiger partial charge in [0.25, 0.3) is 0 Å². The lowest BCUT2D eigenvalue weighted by Gasteiger charge is -2.25. The molecule has 0 saturated carbocycles. The van der Waals surface area contributed by atoms with Gasteiger partial charge < -0.3 is 15.1 Å². The van der Waals surface area contributed by atoms with Gasteiger partial charge in [-0.05, 0) is 37.1 Å². The number of nitrogens with zero attached hydrogens (tertiary/aromatic N) is 3. The molecule has 6 heteroatoms. The summed E-state index contributed by atoms with van der Waals surface area (Å²) in [4.78, 5) is 20.7. The van der Waals surface area contributed by atoms with Crippen LogP contribution in [0.25, 0.3) is 0 Å². The predicted octanol–water partition coefficient (Wildman–Crippen LogP) is 2.75. The van der Waals surface area contributed by atoms with Crippen molar-refractivity contribution in [3.05, 3.63) is 24.0 Å². The molecule has 1 N–H and O–H groups in total. The zero-order valence-corrected chi connectivity index (χ0v) is 15.1. The van der Waals surface area contributed by atoms with Crippen LogP contribution < -0.4 is 10.2 Å². The van der Waals surface area contributed by atoms with E-state index in [9.17, 15) is 4.79 Å². The number of hydrogen-bond acceptors (Lipinski definition) is 4. The molecule has 0 aromatic carbocycles. The van der Waals surface area contributed by atoms with E-state index in [0.717, 1.165) is 44.9 Å². The molecule has 1 aromatic rings. The van der Waals surface area contributed by atoms with Crippen LogP contribution in [0.15, 0.2) is 18.5 Å². The van der Waals surface area contributed by atoms with Gasteiger partial charge in [-0.2, -0.15) is 11.8 Å². The van der Waals surface area contributed by atoms with Gasteiger partial charge in [0.15, 0.2) is 0 Å². The third kappa shape index (κ3) is 5.61. The van der Waals surface area contributed by atoms with Crippen LogP contribution in [0.2, 0.25) is 0 Å². The second-order valence-corrected chi connectivity index (χ2v) is 7.06. The van der Waals surface area contributed by atoms with Crippen molar-refractivity contribution in [3.8, 4) is 0 Å². The first-order chi connectivity index (χ1) is 11.2. The van der Waals surface area contributed by atoms with Crippen molar-refractivity contribution in [1.29, 1.82) is 0 Å². The average Bonchev–Trinajstić information content (AvgIpc) is 2.81. The van der Waals surface area contributed by atoms with Crippen molar-refractivity contribution in [2.75, 3.05) is 49.1 Å². The van der Waals surface area contributed by atoms with Crippen LogP contribution in [0.3, 0.4) is 0 Å². The predicted molar refractivity (Wildman–Crippen MR) is 98.4 cm³/mol. The highest BCUT2D eigenvalue weighted by Crippen LogP contribution is 2.19. The maximum Gasteiger partial charge on any atom is 0.317 e. The first kappa shape index (κ1) is 17.9. The average molecular weight is 337 g/mol. The molecule has 0 bridgehead atoms. The Balaban J connectivity index is 1.79. The minimum atomic E-state index is 0.0791. The lowest BCUT2D eigenvalue weighted by Crippen LogP contribution is -2.42. The van der Waals surface area contributed by atoms with Crippen LogP contribution >= 0.6 is 11.8 Å². The second-order valence-electron chi connectivity index (χ2n) is 5.83. The van der Waals surface area contributed by atoms with Crippen molar-refractivity contribution < 1.29 is 4.79 Å². The lowest BCUT2D eigenvalue weighted by atomic mass is 10.2. The van der Waals surface area contributed by atoms with Gasteiger partial charge in [-0.3, -0.25) is 4.98 Å². The molecule has 1 aliphatic heterocycles. The number of urea groups is 1. The second kappa shape index (κ2) is 9.65. The summed E-state index contributed by atoms with van der Waals surface area (Å²) >= 11 is 1.90. The largest absolute Gasteiger partial charge is 0.369 e. The molecule has 2 rings (SSSR count). The molecule has 1 saturated heterocycles. The van der Waals surface area contributed by atoms with Crippen molar-refractivity contribution >= 4 is 23.5 Å². The van der Waals surface area contributed by atoms with Gasteiger partial charge in [-0.25, -0.2) is 4.79 Å². The van der Waals surface area contributed by atoms with E-state index in [2.05, 4.69) is 35.1 Å². The number of amides is 2. The molecular weight excluding hydrogens is 308 g/mol. The summed E-state index contributed by atoms with van der Waals surface area (Å²) in [5, 5.41) is 3.04. The molecule has 23 heavy (non-hydrogen) atoms. The van der Waals surface area contributed by atoms with Crippen LogP contribution in [0.4, 0.5) is 10.5 Å². The quantitative estimate of drug-likeness (QED) is 0.812. The van der Waals surface area contributed by atoms with Crippen LogP contribution in [-0.4, -0.2) is 60.1 Å². The Hall–Kier alpha value is -1.43. The third-order valence-corrected chi connectivity index (χ3v) is 5.18. The Morgan fingerprint density at radius 2 is 2.17 bits per heavy atom. The minimum absolute atomic E-state index is 0.0791. The molecular formula is C17H28N4OS. The topological polar surface area (TPSA) is 48.5 Å². The van der Waals surface area contributed by atoms with Gasteiger partial charge in [-0.1, -0.05) is 6.92 Å². The molecule has 128 valence electrons. The summed E-state index contributed by atoms with van der Waals surface area (Å²) in [5.74, 6) is 2.16. The fourth-order valence-corrected chi connectivity index (χ4v) is 3.51. The molecule has 2 amide bonds. The van der Waals surface area contributed by atoms with E-state index < -0.39 is 0 Å². The number of nitrogens with one attached hydrogen (secondary N) is 1. The van der Waals surface area contributed by atoms with E-state index in [-0.39, 0.29) is 6.03 Å². The van der Waals surface area contributed by atoms with E-state index >= 15 is 0 Å². The number of anilines is 1.